The first kappa shape index (κ1) is 22.9. The van der Waals surface area contributed by atoms with E-state index in [0.717, 1.165) is 28.3 Å². The van der Waals surface area contributed by atoms with Gasteiger partial charge in [0.1, 0.15) is 5.75 Å². The zero-order valence-electron chi connectivity index (χ0n) is 18.7. The van der Waals surface area contributed by atoms with Crippen LogP contribution < -0.4 is 10.1 Å². The van der Waals surface area contributed by atoms with E-state index in [0.29, 0.717) is 22.3 Å². The highest BCUT2D eigenvalue weighted by Crippen LogP contribution is 2.26. The molecule has 4 aromatic rings. The van der Waals surface area contributed by atoms with E-state index in [4.69, 9.17) is 17.0 Å². The summed E-state index contributed by atoms with van der Waals surface area (Å²) >= 11 is 6.89. The standard InChI is InChI=1S/C24H25N5O2S2/c1-15-4-6-17(7-5-15)14-20-16(2)25-23(33-20)26-21(30)12-13-29-22(27-28-24(29)32)18-8-10-19(31-3)11-9-18/h4-11H,12-14H2,1-3H3,(H,28,32)(H,25,26,30). The SMILES string of the molecule is COc1ccc(-c2n[nH]c(=S)n2CCC(=O)Nc2nc(C)c(Cc3ccc(C)cc3)s2)cc1. The van der Waals surface area contributed by atoms with Crippen LogP contribution in [0.1, 0.15) is 28.1 Å². The number of hydrogen-bond donors (Lipinski definition) is 2. The summed E-state index contributed by atoms with van der Waals surface area (Å²) in [7, 11) is 1.62. The van der Waals surface area contributed by atoms with E-state index < -0.39 is 0 Å². The van der Waals surface area contributed by atoms with Gasteiger partial charge in [0.25, 0.3) is 0 Å². The molecule has 0 spiro atoms. The Kier molecular flexibility index (Phi) is 7.00. The van der Waals surface area contributed by atoms with Crippen LogP contribution in [0.5, 0.6) is 5.75 Å². The summed E-state index contributed by atoms with van der Waals surface area (Å²) in [6.45, 7) is 4.46. The van der Waals surface area contributed by atoms with Gasteiger partial charge >= 0.3 is 0 Å². The fourth-order valence-corrected chi connectivity index (χ4v) is 4.65. The van der Waals surface area contributed by atoms with E-state index in [1.54, 1.807) is 7.11 Å². The third kappa shape index (κ3) is 5.55. The number of amides is 1. The minimum atomic E-state index is -0.116. The lowest BCUT2D eigenvalue weighted by molar-refractivity contribution is -0.116. The molecule has 2 aromatic heterocycles. The van der Waals surface area contributed by atoms with Gasteiger partial charge in [-0.1, -0.05) is 29.8 Å². The summed E-state index contributed by atoms with van der Waals surface area (Å²) in [5, 5.41) is 10.7. The Morgan fingerprint density at radius 3 is 2.58 bits per heavy atom. The number of carbonyl (C=O) groups is 1. The lowest BCUT2D eigenvalue weighted by Gasteiger charge is -2.07. The van der Waals surface area contributed by atoms with Crippen LogP contribution in [-0.2, 0) is 17.8 Å². The number of nitrogens with one attached hydrogen (secondary N) is 2. The Morgan fingerprint density at radius 2 is 1.88 bits per heavy atom. The minimum absolute atomic E-state index is 0.116. The van der Waals surface area contributed by atoms with E-state index in [2.05, 4.69) is 51.7 Å². The number of aryl methyl sites for hydroxylation is 2. The van der Waals surface area contributed by atoms with Crippen LogP contribution in [0, 0.1) is 18.6 Å². The molecule has 0 saturated heterocycles. The van der Waals surface area contributed by atoms with Crippen molar-refractivity contribution < 1.29 is 9.53 Å². The van der Waals surface area contributed by atoms with Crippen molar-refractivity contribution in [1.29, 1.82) is 0 Å². The molecule has 0 unspecified atom stereocenters. The molecule has 0 radical (unpaired) electrons. The van der Waals surface area contributed by atoms with Crippen LogP contribution in [-0.4, -0.2) is 32.8 Å². The van der Waals surface area contributed by atoms with Crippen molar-refractivity contribution in [3.05, 3.63) is 75.0 Å². The van der Waals surface area contributed by atoms with Gasteiger partial charge in [0.2, 0.25) is 5.91 Å². The van der Waals surface area contributed by atoms with Crippen LogP contribution in [0.4, 0.5) is 5.13 Å². The van der Waals surface area contributed by atoms with Crippen LogP contribution >= 0.6 is 23.6 Å². The fourth-order valence-electron chi connectivity index (χ4n) is 3.42. The number of ether oxygens (including phenoxy) is 1. The molecule has 0 aliphatic rings. The zero-order chi connectivity index (χ0) is 23.4. The number of nitrogens with zero attached hydrogens (tertiary/aromatic N) is 3. The highest BCUT2D eigenvalue weighted by atomic mass is 32.1. The van der Waals surface area contributed by atoms with Gasteiger partial charge in [0, 0.05) is 29.8 Å². The van der Waals surface area contributed by atoms with E-state index in [1.807, 2.05) is 35.8 Å². The van der Waals surface area contributed by atoms with Crippen LogP contribution in [0.15, 0.2) is 48.5 Å². The molecule has 170 valence electrons. The van der Waals surface area contributed by atoms with Crippen molar-refractivity contribution in [2.45, 2.75) is 33.2 Å². The first-order chi connectivity index (χ1) is 15.9. The van der Waals surface area contributed by atoms with E-state index in [9.17, 15) is 4.79 Å². The predicted molar refractivity (Wildman–Crippen MR) is 133 cm³/mol. The lowest BCUT2D eigenvalue weighted by Crippen LogP contribution is -2.15. The topological polar surface area (TPSA) is 84.8 Å². The van der Waals surface area contributed by atoms with E-state index in [1.165, 1.54) is 22.5 Å². The molecule has 0 fully saturated rings. The molecule has 2 N–H and O–H groups in total. The Labute approximate surface area is 201 Å². The van der Waals surface area contributed by atoms with Crippen LogP contribution in [0.3, 0.4) is 0 Å². The normalized spacial score (nSPS) is 10.9. The Morgan fingerprint density at radius 1 is 1.15 bits per heavy atom. The molecule has 0 aliphatic heterocycles. The quantitative estimate of drug-likeness (QED) is 0.335. The van der Waals surface area contributed by atoms with Crippen molar-refractivity contribution in [2.24, 2.45) is 0 Å². The highest BCUT2D eigenvalue weighted by molar-refractivity contribution is 7.71. The minimum Gasteiger partial charge on any atom is -0.497 e. The number of hydrogen-bond acceptors (Lipinski definition) is 6. The number of H-pyrrole nitrogens is 1. The van der Waals surface area contributed by atoms with Gasteiger partial charge in [0.15, 0.2) is 15.7 Å². The molecule has 4 rings (SSSR count). The van der Waals surface area contributed by atoms with Gasteiger partial charge in [-0.3, -0.25) is 14.5 Å². The number of methoxy groups -OCH3 is 1. The van der Waals surface area contributed by atoms with Gasteiger partial charge < -0.3 is 10.1 Å². The number of aromatic amines is 1. The number of anilines is 1. The maximum Gasteiger partial charge on any atom is 0.227 e. The summed E-state index contributed by atoms with van der Waals surface area (Å²) in [4.78, 5) is 18.3. The van der Waals surface area contributed by atoms with Gasteiger partial charge in [-0.05, 0) is 55.9 Å². The fraction of sp³-hybridized carbons (Fsp3) is 0.250. The molecule has 33 heavy (non-hydrogen) atoms. The molecular weight excluding hydrogens is 454 g/mol. The second-order valence-corrected chi connectivity index (χ2v) is 9.19. The number of aromatic nitrogens is 4. The summed E-state index contributed by atoms with van der Waals surface area (Å²) < 4.78 is 7.51. The third-order valence-electron chi connectivity index (χ3n) is 5.29. The molecule has 7 nitrogen and oxygen atoms in total. The van der Waals surface area contributed by atoms with Crippen molar-refractivity contribution in [3.63, 3.8) is 0 Å². The van der Waals surface area contributed by atoms with Gasteiger partial charge in [0.05, 0.1) is 12.8 Å². The van der Waals surface area contributed by atoms with Crippen molar-refractivity contribution >= 4 is 34.6 Å². The Bertz CT molecular complexity index is 1300. The smallest absolute Gasteiger partial charge is 0.227 e. The van der Waals surface area contributed by atoms with Crippen molar-refractivity contribution in [2.75, 3.05) is 12.4 Å². The molecule has 2 aromatic carbocycles. The van der Waals surface area contributed by atoms with Gasteiger partial charge in [-0.25, -0.2) is 4.98 Å². The first-order valence-corrected chi connectivity index (χ1v) is 11.8. The van der Waals surface area contributed by atoms with Crippen molar-refractivity contribution in [3.8, 4) is 17.1 Å². The van der Waals surface area contributed by atoms with Crippen molar-refractivity contribution in [1.82, 2.24) is 19.7 Å². The molecule has 2 heterocycles. The Balaban J connectivity index is 1.40. The summed E-state index contributed by atoms with van der Waals surface area (Å²) in [5.41, 5.74) is 4.29. The molecule has 0 atom stereocenters. The van der Waals surface area contributed by atoms with Crippen LogP contribution in [0.25, 0.3) is 11.4 Å². The van der Waals surface area contributed by atoms with Crippen LogP contribution in [0.2, 0.25) is 0 Å². The number of benzene rings is 2. The molecular formula is C24H25N5O2S2. The number of rotatable bonds is 8. The van der Waals surface area contributed by atoms with E-state index in [-0.39, 0.29) is 12.3 Å². The highest BCUT2D eigenvalue weighted by Gasteiger charge is 2.14. The molecule has 0 aliphatic carbocycles. The van der Waals surface area contributed by atoms with Gasteiger partial charge in [-0.15, -0.1) is 11.3 Å². The second kappa shape index (κ2) is 10.1. The number of carbonyl (C=O) groups excluding carboxylic acids is 1. The zero-order valence-corrected chi connectivity index (χ0v) is 20.3. The summed E-state index contributed by atoms with van der Waals surface area (Å²) in [6, 6.07) is 16.0. The number of thiazole rings is 1. The Hall–Kier alpha value is -3.30. The average molecular weight is 480 g/mol. The summed E-state index contributed by atoms with van der Waals surface area (Å²) in [6.07, 6.45) is 1.05. The molecule has 1 amide bonds. The van der Waals surface area contributed by atoms with E-state index >= 15 is 0 Å². The largest absolute Gasteiger partial charge is 0.497 e. The third-order valence-corrected chi connectivity index (χ3v) is 6.68. The maximum atomic E-state index is 12.6. The second-order valence-electron chi connectivity index (χ2n) is 7.72. The monoisotopic (exact) mass is 479 g/mol. The first-order valence-electron chi connectivity index (χ1n) is 10.5. The van der Waals surface area contributed by atoms with Gasteiger partial charge in [-0.2, -0.15) is 5.10 Å². The molecule has 0 saturated carbocycles. The lowest BCUT2D eigenvalue weighted by atomic mass is 10.1. The predicted octanol–water partition coefficient (Wildman–Crippen LogP) is 5.31. The average Bonchev–Trinajstić information content (AvgIpc) is 3.35. The summed E-state index contributed by atoms with van der Waals surface area (Å²) in [5.74, 6) is 1.33. The maximum absolute atomic E-state index is 12.6. The molecule has 0 bridgehead atoms. The molecule has 9 heteroatoms.